The Hall–Kier alpha value is -3.35. The first-order valence-electron chi connectivity index (χ1n) is 8.02. The molecule has 2 amide bonds. The molecule has 0 aliphatic carbocycles. The number of nitrogens with zero attached hydrogens (tertiary/aromatic N) is 1. The summed E-state index contributed by atoms with van der Waals surface area (Å²) < 4.78 is 10.4. The van der Waals surface area contributed by atoms with Crippen molar-refractivity contribution >= 4 is 23.7 Å². The van der Waals surface area contributed by atoms with Crippen molar-refractivity contribution in [1.82, 2.24) is 5.43 Å². The van der Waals surface area contributed by atoms with Crippen LogP contribution in [0.5, 0.6) is 11.5 Å². The van der Waals surface area contributed by atoms with Gasteiger partial charge in [0.05, 0.1) is 20.4 Å². The number of carbonyl (C=O) groups excluding carboxylic acids is 2. The summed E-state index contributed by atoms with van der Waals surface area (Å²) in [6.07, 6.45) is 1.91. The second kappa shape index (κ2) is 9.22. The molecule has 0 fully saturated rings. The summed E-state index contributed by atoms with van der Waals surface area (Å²) in [7, 11) is 3.11. The first kappa shape index (κ1) is 19.0. The molecule has 0 radical (unpaired) electrons. The Labute approximate surface area is 152 Å². The van der Waals surface area contributed by atoms with Gasteiger partial charge in [-0.3, -0.25) is 9.59 Å². The number of methoxy groups -OCH3 is 2. The number of anilines is 1. The minimum atomic E-state index is -0.352. The van der Waals surface area contributed by atoms with E-state index in [0.29, 0.717) is 29.2 Å². The van der Waals surface area contributed by atoms with Crippen molar-refractivity contribution in [3.8, 4) is 11.5 Å². The van der Waals surface area contributed by atoms with E-state index in [0.717, 1.165) is 5.56 Å². The van der Waals surface area contributed by atoms with Crippen molar-refractivity contribution in [2.75, 3.05) is 19.5 Å². The number of carbonyl (C=O) groups is 2. The van der Waals surface area contributed by atoms with Crippen molar-refractivity contribution in [3.63, 3.8) is 0 Å². The zero-order valence-electron chi connectivity index (χ0n) is 14.9. The predicted octanol–water partition coefficient (Wildman–Crippen LogP) is 2.82. The van der Waals surface area contributed by atoms with Gasteiger partial charge in [0.1, 0.15) is 0 Å². The summed E-state index contributed by atoms with van der Waals surface area (Å²) in [5.74, 6) is 0.758. The smallest absolute Gasteiger partial charge is 0.271 e. The van der Waals surface area contributed by atoms with E-state index < -0.39 is 0 Å². The molecule has 136 valence electrons. The molecule has 2 aromatic carbocycles. The fourth-order valence-corrected chi connectivity index (χ4v) is 2.12. The molecule has 7 heteroatoms. The first-order chi connectivity index (χ1) is 12.6. The van der Waals surface area contributed by atoms with E-state index in [-0.39, 0.29) is 11.8 Å². The molecule has 2 aromatic rings. The summed E-state index contributed by atoms with van der Waals surface area (Å²) in [5.41, 5.74) is 4.28. The minimum absolute atomic E-state index is 0.0817. The van der Waals surface area contributed by atoms with Crippen molar-refractivity contribution < 1.29 is 19.1 Å². The quantitative estimate of drug-likeness (QED) is 0.590. The van der Waals surface area contributed by atoms with E-state index in [2.05, 4.69) is 15.8 Å². The summed E-state index contributed by atoms with van der Waals surface area (Å²) in [5, 5.41) is 6.66. The normalized spacial score (nSPS) is 10.4. The van der Waals surface area contributed by atoms with Crippen molar-refractivity contribution in [2.24, 2.45) is 5.10 Å². The molecule has 0 saturated heterocycles. The number of hydrogen-bond donors (Lipinski definition) is 2. The SMILES string of the molecule is CCC(=O)Nc1ccc(C(=O)NN=Cc2ccc(OC)c(OC)c2)cc1. The lowest BCUT2D eigenvalue weighted by Crippen LogP contribution is -2.17. The Morgan fingerprint density at radius 3 is 2.35 bits per heavy atom. The fraction of sp³-hybridized carbons (Fsp3) is 0.211. The third kappa shape index (κ3) is 5.07. The monoisotopic (exact) mass is 355 g/mol. The standard InChI is InChI=1S/C19H21N3O4/c1-4-18(23)21-15-8-6-14(7-9-15)19(24)22-20-12-13-5-10-16(25-2)17(11-13)26-3/h5-12H,4H2,1-3H3,(H,21,23)(H,22,24). The highest BCUT2D eigenvalue weighted by molar-refractivity contribution is 5.96. The summed E-state index contributed by atoms with van der Waals surface area (Å²) in [6.45, 7) is 1.77. The highest BCUT2D eigenvalue weighted by Gasteiger charge is 2.06. The van der Waals surface area contributed by atoms with E-state index in [1.807, 2.05) is 0 Å². The van der Waals surface area contributed by atoms with Crippen LogP contribution in [0.1, 0.15) is 29.3 Å². The van der Waals surface area contributed by atoms with Crippen LogP contribution in [0.2, 0.25) is 0 Å². The summed E-state index contributed by atoms with van der Waals surface area (Å²) >= 11 is 0. The summed E-state index contributed by atoms with van der Waals surface area (Å²) in [4.78, 5) is 23.4. The van der Waals surface area contributed by atoms with Gasteiger partial charge in [0, 0.05) is 17.7 Å². The topological polar surface area (TPSA) is 89.0 Å². The van der Waals surface area contributed by atoms with Crippen LogP contribution in [0.3, 0.4) is 0 Å². The molecule has 0 unspecified atom stereocenters. The third-order valence-corrected chi connectivity index (χ3v) is 3.54. The maximum Gasteiger partial charge on any atom is 0.271 e. The zero-order valence-corrected chi connectivity index (χ0v) is 14.9. The molecule has 26 heavy (non-hydrogen) atoms. The lowest BCUT2D eigenvalue weighted by Gasteiger charge is -2.07. The Morgan fingerprint density at radius 2 is 1.73 bits per heavy atom. The largest absolute Gasteiger partial charge is 0.493 e. The lowest BCUT2D eigenvalue weighted by molar-refractivity contribution is -0.115. The van der Waals surface area contributed by atoms with Crippen LogP contribution >= 0.6 is 0 Å². The van der Waals surface area contributed by atoms with Crippen LogP contribution in [0.4, 0.5) is 5.69 Å². The fourth-order valence-electron chi connectivity index (χ4n) is 2.12. The molecule has 0 aliphatic heterocycles. The van der Waals surface area contributed by atoms with Gasteiger partial charge in [0.15, 0.2) is 11.5 Å². The van der Waals surface area contributed by atoms with Gasteiger partial charge in [0.2, 0.25) is 5.91 Å². The van der Waals surface area contributed by atoms with Crippen molar-refractivity contribution in [1.29, 1.82) is 0 Å². The van der Waals surface area contributed by atoms with Crippen LogP contribution in [0.25, 0.3) is 0 Å². The number of nitrogens with one attached hydrogen (secondary N) is 2. The Kier molecular flexibility index (Phi) is 6.73. The number of benzene rings is 2. The average Bonchev–Trinajstić information content (AvgIpc) is 2.68. The van der Waals surface area contributed by atoms with Gasteiger partial charge < -0.3 is 14.8 Å². The summed E-state index contributed by atoms with van der Waals surface area (Å²) in [6, 6.07) is 11.9. The molecule has 0 heterocycles. The van der Waals surface area contributed by atoms with Crippen LogP contribution in [0, 0.1) is 0 Å². The van der Waals surface area contributed by atoms with Gasteiger partial charge in [-0.1, -0.05) is 6.92 Å². The predicted molar refractivity (Wildman–Crippen MR) is 100.0 cm³/mol. The molecule has 2 N–H and O–H groups in total. The molecule has 0 spiro atoms. The highest BCUT2D eigenvalue weighted by atomic mass is 16.5. The molecule has 0 bridgehead atoms. The van der Waals surface area contributed by atoms with Gasteiger partial charge >= 0.3 is 0 Å². The third-order valence-electron chi connectivity index (χ3n) is 3.54. The van der Waals surface area contributed by atoms with Crippen LogP contribution < -0.4 is 20.2 Å². The molecular weight excluding hydrogens is 334 g/mol. The molecule has 0 saturated carbocycles. The number of ether oxygens (including phenoxy) is 2. The second-order valence-corrected chi connectivity index (χ2v) is 5.29. The number of rotatable bonds is 7. The maximum atomic E-state index is 12.1. The Bertz CT molecular complexity index is 801. The zero-order chi connectivity index (χ0) is 18.9. The van der Waals surface area contributed by atoms with Gasteiger partial charge in [-0.05, 0) is 48.0 Å². The second-order valence-electron chi connectivity index (χ2n) is 5.29. The molecule has 0 aromatic heterocycles. The van der Waals surface area contributed by atoms with E-state index >= 15 is 0 Å². The highest BCUT2D eigenvalue weighted by Crippen LogP contribution is 2.26. The number of hydrazone groups is 1. The number of hydrogen-bond acceptors (Lipinski definition) is 5. The van der Waals surface area contributed by atoms with Crippen molar-refractivity contribution in [2.45, 2.75) is 13.3 Å². The van der Waals surface area contributed by atoms with E-state index in [1.165, 1.54) is 6.21 Å². The molecule has 7 nitrogen and oxygen atoms in total. The Balaban J connectivity index is 1.97. The molecule has 2 rings (SSSR count). The van der Waals surface area contributed by atoms with Crippen LogP contribution in [0.15, 0.2) is 47.6 Å². The van der Waals surface area contributed by atoms with Gasteiger partial charge in [-0.2, -0.15) is 5.10 Å². The molecule has 0 atom stereocenters. The Morgan fingerprint density at radius 1 is 1.04 bits per heavy atom. The average molecular weight is 355 g/mol. The van der Waals surface area contributed by atoms with Gasteiger partial charge in [-0.25, -0.2) is 5.43 Å². The van der Waals surface area contributed by atoms with E-state index in [4.69, 9.17) is 9.47 Å². The van der Waals surface area contributed by atoms with Gasteiger partial charge in [-0.15, -0.1) is 0 Å². The van der Waals surface area contributed by atoms with Crippen molar-refractivity contribution in [3.05, 3.63) is 53.6 Å². The van der Waals surface area contributed by atoms with Crippen LogP contribution in [-0.4, -0.2) is 32.2 Å². The maximum absolute atomic E-state index is 12.1. The van der Waals surface area contributed by atoms with Crippen LogP contribution in [-0.2, 0) is 4.79 Å². The van der Waals surface area contributed by atoms with Gasteiger partial charge in [0.25, 0.3) is 5.91 Å². The molecular formula is C19H21N3O4. The van der Waals surface area contributed by atoms with E-state index in [9.17, 15) is 9.59 Å². The minimum Gasteiger partial charge on any atom is -0.493 e. The first-order valence-corrected chi connectivity index (χ1v) is 8.02. The van der Waals surface area contributed by atoms with E-state index in [1.54, 1.807) is 63.6 Å². The molecule has 0 aliphatic rings. The number of amides is 2. The lowest BCUT2D eigenvalue weighted by atomic mass is 10.2.